The lowest BCUT2D eigenvalue weighted by Gasteiger charge is -2.02. The van der Waals surface area contributed by atoms with E-state index in [2.05, 4.69) is 0 Å². The van der Waals surface area contributed by atoms with Gasteiger partial charge in [0.1, 0.15) is 0 Å². The average molecular weight is 339 g/mol. The van der Waals surface area contributed by atoms with Gasteiger partial charge in [0.25, 0.3) is 5.70 Å². The van der Waals surface area contributed by atoms with Crippen LogP contribution in [-0.2, 0) is 4.79 Å². The Bertz CT molecular complexity index is 466. The molecule has 0 atom stereocenters. The number of hydrogen-bond donors (Lipinski definition) is 2. The van der Waals surface area contributed by atoms with Gasteiger partial charge in [-0.25, -0.2) is 0 Å². The first-order chi connectivity index (χ1) is 11.5. The minimum atomic E-state index is -0.795. The second-order valence-electron chi connectivity index (χ2n) is 5.60. The number of carboxylic acid groups (broad SMARTS) is 1. The van der Waals surface area contributed by atoms with Crippen molar-refractivity contribution in [2.75, 3.05) is 0 Å². The molecule has 0 fully saturated rings. The molecule has 2 N–H and O–H groups in total. The number of carbonyl (C=O) groups is 1. The number of aliphatic hydroxyl groups excluding tert-OH is 1. The third kappa shape index (κ3) is 12.4. The molecule has 0 heterocycles. The predicted molar refractivity (Wildman–Crippen MR) is 94.4 cm³/mol. The van der Waals surface area contributed by atoms with Gasteiger partial charge in [0.05, 0.1) is 4.92 Å². The number of unbranched alkanes of at least 4 members (excludes halogenated alkanes) is 4. The fourth-order valence-corrected chi connectivity index (χ4v) is 2.19. The van der Waals surface area contributed by atoms with Crippen LogP contribution in [0.5, 0.6) is 0 Å². The van der Waals surface area contributed by atoms with Crippen molar-refractivity contribution in [2.45, 2.75) is 71.1 Å². The largest absolute Gasteiger partial charge is 0.506 e. The van der Waals surface area contributed by atoms with E-state index in [-0.39, 0.29) is 30.7 Å². The van der Waals surface area contributed by atoms with Gasteiger partial charge < -0.3 is 10.2 Å². The Labute approximate surface area is 143 Å². The molecule has 0 aliphatic carbocycles. The van der Waals surface area contributed by atoms with Crippen LogP contribution in [0.4, 0.5) is 0 Å². The fourth-order valence-electron chi connectivity index (χ4n) is 2.19. The number of rotatable bonds is 14. The number of allylic oxidation sites excluding steroid dienone is 5. The maximum absolute atomic E-state index is 11.0. The predicted octanol–water partition coefficient (Wildman–Crippen LogP) is 5.15. The monoisotopic (exact) mass is 339 g/mol. The molecule has 0 saturated heterocycles. The van der Waals surface area contributed by atoms with Gasteiger partial charge in [-0.2, -0.15) is 0 Å². The highest BCUT2D eigenvalue weighted by Crippen LogP contribution is 2.17. The Morgan fingerprint density at radius 1 is 0.958 bits per heavy atom. The molecule has 0 aromatic rings. The van der Waals surface area contributed by atoms with Crippen LogP contribution >= 0.6 is 0 Å². The van der Waals surface area contributed by atoms with E-state index < -0.39 is 10.9 Å². The van der Waals surface area contributed by atoms with Gasteiger partial charge in [0.15, 0.2) is 5.76 Å². The van der Waals surface area contributed by atoms with Crippen LogP contribution < -0.4 is 0 Å². The summed E-state index contributed by atoms with van der Waals surface area (Å²) in [5.41, 5.74) is -0.116. The second-order valence-corrected chi connectivity index (χ2v) is 5.60. The molecule has 0 radical (unpaired) electrons. The van der Waals surface area contributed by atoms with Crippen molar-refractivity contribution in [3.05, 3.63) is 45.9 Å². The normalized spacial score (nSPS) is 12.7. The number of carboxylic acids is 1. The lowest BCUT2D eigenvalue weighted by atomic mass is 10.1. The van der Waals surface area contributed by atoms with Crippen molar-refractivity contribution in [3.63, 3.8) is 0 Å². The van der Waals surface area contributed by atoms with Crippen LogP contribution in [-0.4, -0.2) is 21.1 Å². The smallest absolute Gasteiger partial charge is 0.303 e. The van der Waals surface area contributed by atoms with E-state index in [1.807, 2.05) is 25.2 Å². The summed E-state index contributed by atoms with van der Waals surface area (Å²) in [6, 6.07) is 0. The molecule has 0 aromatic carbocycles. The number of aliphatic hydroxyl groups is 1. The minimum absolute atomic E-state index is 0.116. The van der Waals surface area contributed by atoms with E-state index in [0.717, 1.165) is 32.1 Å². The van der Waals surface area contributed by atoms with E-state index in [9.17, 15) is 20.0 Å². The summed E-state index contributed by atoms with van der Waals surface area (Å²) in [5, 5.41) is 29.5. The maximum atomic E-state index is 11.0. The maximum Gasteiger partial charge on any atom is 0.303 e. The number of nitro groups is 1. The van der Waals surface area contributed by atoms with Gasteiger partial charge in [0.2, 0.25) is 0 Å². The fraction of sp³-hybridized carbons (Fsp3) is 0.611. The average Bonchev–Trinajstić information content (AvgIpc) is 2.52. The molecule has 0 bridgehead atoms. The number of aliphatic carboxylic acids is 1. The van der Waals surface area contributed by atoms with E-state index in [0.29, 0.717) is 12.8 Å². The molecule has 0 amide bonds. The zero-order valence-corrected chi connectivity index (χ0v) is 14.4. The van der Waals surface area contributed by atoms with Gasteiger partial charge in [-0.3, -0.25) is 14.9 Å². The second kappa shape index (κ2) is 14.5. The Kier molecular flexibility index (Phi) is 13.2. The third-order valence-electron chi connectivity index (χ3n) is 3.51. The summed E-state index contributed by atoms with van der Waals surface area (Å²) in [4.78, 5) is 20.9. The first-order valence-corrected chi connectivity index (χ1v) is 8.56. The molecule has 0 saturated carbocycles. The highest BCUT2D eigenvalue weighted by Gasteiger charge is 2.16. The van der Waals surface area contributed by atoms with Crippen molar-refractivity contribution in [1.29, 1.82) is 0 Å². The molecule has 0 aliphatic heterocycles. The third-order valence-corrected chi connectivity index (χ3v) is 3.51. The van der Waals surface area contributed by atoms with Crippen LogP contribution in [0.2, 0.25) is 0 Å². The quantitative estimate of drug-likeness (QED) is 0.150. The van der Waals surface area contributed by atoms with E-state index in [1.54, 1.807) is 6.08 Å². The molecule has 0 spiro atoms. The zero-order chi connectivity index (χ0) is 18.2. The molecule has 0 rings (SSSR count). The highest BCUT2D eigenvalue weighted by atomic mass is 16.6. The highest BCUT2D eigenvalue weighted by molar-refractivity contribution is 5.66. The molecule has 0 aliphatic rings. The Morgan fingerprint density at radius 2 is 1.54 bits per heavy atom. The van der Waals surface area contributed by atoms with Gasteiger partial charge in [-0.15, -0.1) is 0 Å². The SMILES string of the molecule is CC/C=C\C/C=C\C/C(O)=C(\CCCCCCCC(=O)O)[N+](=O)[O-]. The number of hydrogen-bond acceptors (Lipinski definition) is 4. The minimum Gasteiger partial charge on any atom is -0.506 e. The summed E-state index contributed by atoms with van der Waals surface area (Å²) in [5.74, 6) is -0.974. The summed E-state index contributed by atoms with van der Waals surface area (Å²) < 4.78 is 0. The molecule has 6 heteroatoms. The van der Waals surface area contributed by atoms with Crippen molar-refractivity contribution in [2.24, 2.45) is 0 Å². The van der Waals surface area contributed by atoms with Gasteiger partial charge >= 0.3 is 5.97 Å². The zero-order valence-electron chi connectivity index (χ0n) is 14.4. The van der Waals surface area contributed by atoms with Crippen LogP contribution in [0.15, 0.2) is 35.8 Å². The summed E-state index contributed by atoms with van der Waals surface area (Å²) in [6.07, 6.45) is 13.7. The number of nitrogens with zero attached hydrogens (tertiary/aromatic N) is 1. The van der Waals surface area contributed by atoms with Crippen LogP contribution in [0, 0.1) is 10.1 Å². The first kappa shape index (κ1) is 21.9. The summed E-state index contributed by atoms with van der Waals surface area (Å²) in [7, 11) is 0. The summed E-state index contributed by atoms with van der Waals surface area (Å²) >= 11 is 0. The van der Waals surface area contributed by atoms with E-state index in [1.165, 1.54) is 0 Å². The Hall–Kier alpha value is -2.11. The van der Waals surface area contributed by atoms with E-state index >= 15 is 0 Å². The van der Waals surface area contributed by atoms with Crippen molar-refractivity contribution < 1.29 is 19.9 Å². The van der Waals surface area contributed by atoms with Gasteiger partial charge in [-0.1, -0.05) is 50.5 Å². The summed E-state index contributed by atoms with van der Waals surface area (Å²) in [6.45, 7) is 2.05. The van der Waals surface area contributed by atoms with Gasteiger partial charge in [0, 0.05) is 19.3 Å². The lowest BCUT2D eigenvalue weighted by molar-refractivity contribution is -0.431. The molecule has 136 valence electrons. The van der Waals surface area contributed by atoms with Crippen LogP contribution in [0.1, 0.15) is 71.1 Å². The van der Waals surface area contributed by atoms with Crippen LogP contribution in [0.3, 0.4) is 0 Å². The Balaban J connectivity index is 4.15. The molecular formula is C18H29NO5. The molecule has 24 heavy (non-hydrogen) atoms. The van der Waals surface area contributed by atoms with Crippen molar-refractivity contribution in [1.82, 2.24) is 0 Å². The Morgan fingerprint density at radius 3 is 2.12 bits per heavy atom. The van der Waals surface area contributed by atoms with E-state index in [4.69, 9.17) is 5.11 Å². The molecular weight excluding hydrogens is 310 g/mol. The van der Waals surface area contributed by atoms with Crippen LogP contribution in [0.25, 0.3) is 0 Å². The first-order valence-electron chi connectivity index (χ1n) is 8.56. The standard InChI is InChI=1S/C18H29NO5/c1-2-3-4-5-8-11-14-17(20)16(19(23)24)13-10-7-6-9-12-15-18(21)22/h3-4,8,11,20H,2,5-7,9-10,12-15H2,1H3,(H,21,22)/b4-3-,11-8-,17-16-. The van der Waals surface area contributed by atoms with Gasteiger partial charge in [-0.05, 0) is 25.7 Å². The lowest BCUT2D eigenvalue weighted by Crippen LogP contribution is -2.03. The van der Waals surface area contributed by atoms with Crippen molar-refractivity contribution in [3.8, 4) is 0 Å². The van der Waals surface area contributed by atoms with Crippen molar-refractivity contribution >= 4 is 5.97 Å². The molecule has 6 nitrogen and oxygen atoms in total. The molecule has 0 unspecified atom stereocenters. The molecule has 0 aromatic heterocycles. The topological polar surface area (TPSA) is 101 Å².